The van der Waals surface area contributed by atoms with E-state index in [4.69, 9.17) is 23.2 Å². The first kappa shape index (κ1) is 21.4. The molecule has 0 amide bonds. The third kappa shape index (κ3) is 4.64. The summed E-state index contributed by atoms with van der Waals surface area (Å²) in [7, 11) is 0. The third-order valence-electron chi connectivity index (χ3n) is 8.69. The molecule has 3 heteroatoms. The lowest BCUT2D eigenvalue weighted by Gasteiger charge is -2.55. The molecule has 0 atom stereocenters. The van der Waals surface area contributed by atoms with Crippen LogP contribution in [0.3, 0.4) is 0 Å². The lowest BCUT2D eigenvalue weighted by atomic mass is 9.50. The highest BCUT2D eigenvalue weighted by Crippen LogP contribution is 2.61. The van der Waals surface area contributed by atoms with Gasteiger partial charge in [-0.1, -0.05) is 67.5 Å². The van der Waals surface area contributed by atoms with Crippen molar-refractivity contribution < 1.29 is 0 Å². The van der Waals surface area contributed by atoms with Gasteiger partial charge >= 0.3 is 0 Å². The molecule has 30 heavy (non-hydrogen) atoms. The van der Waals surface area contributed by atoms with Gasteiger partial charge in [-0.25, -0.2) is 0 Å². The van der Waals surface area contributed by atoms with Crippen LogP contribution in [0.1, 0.15) is 87.7 Å². The first-order chi connectivity index (χ1) is 14.7. The molecule has 0 aromatic heterocycles. The fourth-order valence-electron chi connectivity index (χ4n) is 7.58. The second-order valence-electron chi connectivity index (χ2n) is 10.8. The maximum absolute atomic E-state index is 6.84. The number of hydrogen-bond donors (Lipinski definition) is 1. The Bertz CT molecular complexity index is 713. The fourth-order valence-corrected chi connectivity index (χ4v) is 8.33. The van der Waals surface area contributed by atoms with Gasteiger partial charge in [0.05, 0.1) is 0 Å². The SMILES string of the molecule is Clc1cc(/C=C\CNCCC2CCCCC2)cc(Cl)c1C1C2CC3CC(C2)CC1C3. The van der Waals surface area contributed by atoms with Gasteiger partial charge in [-0.05, 0) is 104 Å². The smallest absolute Gasteiger partial charge is 0.0461 e. The van der Waals surface area contributed by atoms with Crippen LogP contribution >= 0.6 is 23.2 Å². The summed E-state index contributed by atoms with van der Waals surface area (Å²) in [6.45, 7) is 2.04. The average Bonchev–Trinajstić information content (AvgIpc) is 2.72. The Balaban J connectivity index is 1.17. The molecule has 5 saturated carbocycles. The van der Waals surface area contributed by atoms with Gasteiger partial charge in [0, 0.05) is 16.6 Å². The molecular weight excluding hydrogens is 409 g/mol. The second kappa shape index (κ2) is 9.55. The largest absolute Gasteiger partial charge is 0.313 e. The van der Waals surface area contributed by atoms with Crippen LogP contribution in [0.5, 0.6) is 0 Å². The zero-order chi connectivity index (χ0) is 20.5. The van der Waals surface area contributed by atoms with Gasteiger partial charge in [-0.2, -0.15) is 0 Å². The normalized spacial score (nSPS) is 33.6. The summed E-state index contributed by atoms with van der Waals surface area (Å²) in [6.07, 6.45) is 20.0. The Kier molecular flexibility index (Phi) is 6.80. The number of rotatable bonds is 7. The van der Waals surface area contributed by atoms with Crippen molar-refractivity contribution >= 4 is 29.3 Å². The molecule has 1 nitrogen and oxygen atoms in total. The summed E-state index contributed by atoms with van der Waals surface area (Å²) < 4.78 is 0. The molecule has 0 radical (unpaired) electrons. The topological polar surface area (TPSA) is 12.0 Å². The highest BCUT2D eigenvalue weighted by atomic mass is 35.5. The lowest BCUT2D eigenvalue weighted by Crippen LogP contribution is -2.43. The van der Waals surface area contributed by atoms with Crippen molar-refractivity contribution in [3.8, 4) is 0 Å². The van der Waals surface area contributed by atoms with E-state index in [0.717, 1.165) is 58.3 Å². The molecule has 0 unspecified atom stereocenters. The van der Waals surface area contributed by atoms with Crippen molar-refractivity contribution in [3.63, 3.8) is 0 Å². The van der Waals surface area contributed by atoms with Crippen molar-refractivity contribution in [1.29, 1.82) is 0 Å². The van der Waals surface area contributed by atoms with E-state index >= 15 is 0 Å². The van der Waals surface area contributed by atoms with Crippen molar-refractivity contribution in [2.45, 2.75) is 76.5 Å². The van der Waals surface area contributed by atoms with Crippen LogP contribution in [0.25, 0.3) is 6.08 Å². The zero-order valence-corrected chi connectivity index (χ0v) is 19.7. The van der Waals surface area contributed by atoms with E-state index in [-0.39, 0.29) is 0 Å². The fraction of sp³-hybridized carbons (Fsp3) is 0.704. The van der Waals surface area contributed by atoms with E-state index in [2.05, 4.69) is 29.6 Å². The summed E-state index contributed by atoms with van der Waals surface area (Å²) in [5.74, 6) is 5.13. The molecule has 164 valence electrons. The van der Waals surface area contributed by atoms with Crippen molar-refractivity contribution in [2.24, 2.45) is 29.6 Å². The quantitative estimate of drug-likeness (QED) is 0.417. The van der Waals surface area contributed by atoms with Crippen molar-refractivity contribution in [2.75, 3.05) is 13.1 Å². The standard InChI is InChI=1S/C27H37Cl2N/c28-24-16-19(7-4-9-30-10-8-18-5-2-1-3-6-18)17-25(29)27(24)26-22-12-20-11-21(14-22)15-23(26)13-20/h4,7,16-18,20-23,26,30H,1-3,5-6,8-15H2/b7-4-. The van der Waals surface area contributed by atoms with E-state index in [9.17, 15) is 0 Å². The van der Waals surface area contributed by atoms with Gasteiger partial charge in [-0.15, -0.1) is 0 Å². The minimum absolute atomic E-state index is 0.595. The minimum Gasteiger partial charge on any atom is -0.313 e. The van der Waals surface area contributed by atoms with Crippen LogP contribution in [-0.4, -0.2) is 13.1 Å². The molecular formula is C27H37Cl2N. The summed E-state index contributed by atoms with van der Waals surface area (Å²) in [5.41, 5.74) is 2.39. The lowest BCUT2D eigenvalue weighted by molar-refractivity contribution is -0.00272. The maximum atomic E-state index is 6.84. The number of hydrogen-bond acceptors (Lipinski definition) is 1. The Morgan fingerprint density at radius 1 is 0.867 bits per heavy atom. The molecule has 0 aliphatic heterocycles. The Labute approximate surface area is 193 Å². The van der Waals surface area contributed by atoms with E-state index in [1.54, 1.807) is 0 Å². The van der Waals surface area contributed by atoms with Crippen molar-refractivity contribution in [1.82, 2.24) is 5.32 Å². The van der Waals surface area contributed by atoms with Crippen LogP contribution < -0.4 is 5.32 Å². The molecule has 5 aliphatic carbocycles. The summed E-state index contributed by atoms with van der Waals surface area (Å²) in [6, 6.07) is 4.29. The van der Waals surface area contributed by atoms with Gasteiger partial charge in [0.1, 0.15) is 0 Å². The van der Waals surface area contributed by atoms with E-state index in [0.29, 0.717) is 5.92 Å². The highest BCUT2D eigenvalue weighted by molar-refractivity contribution is 6.36. The molecule has 0 heterocycles. The van der Waals surface area contributed by atoms with Gasteiger partial charge in [-0.3, -0.25) is 0 Å². The van der Waals surface area contributed by atoms with E-state index in [1.165, 1.54) is 76.2 Å². The summed E-state index contributed by atoms with van der Waals surface area (Å²) in [4.78, 5) is 0. The van der Waals surface area contributed by atoms with Gasteiger partial charge in [0.2, 0.25) is 0 Å². The molecule has 0 saturated heterocycles. The molecule has 1 aromatic carbocycles. The average molecular weight is 447 g/mol. The van der Waals surface area contributed by atoms with E-state index in [1.807, 2.05) is 0 Å². The van der Waals surface area contributed by atoms with Gasteiger partial charge in [0.25, 0.3) is 0 Å². The van der Waals surface area contributed by atoms with Gasteiger partial charge < -0.3 is 5.32 Å². The number of benzene rings is 1. The number of nitrogens with one attached hydrogen (secondary N) is 1. The van der Waals surface area contributed by atoms with Crippen LogP contribution in [0.4, 0.5) is 0 Å². The first-order valence-corrected chi connectivity index (χ1v) is 13.3. The molecule has 5 fully saturated rings. The zero-order valence-electron chi connectivity index (χ0n) is 18.2. The molecule has 5 aliphatic rings. The number of halogens is 2. The molecule has 4 bridgehead atoms. The molecule has 0 spiro atoms. The van der Waals surface area contributed by atoms with Crippen LogP contribution in [0, 0.1) is 29.6 Å². The van der Waals surface area contributed by atoms with Crippen molar-refractivity contribution in [3.05, 3.63) is 39.4 Å². The maximum Gasteiger partial charge on any atom is 0.0461 e. The van der Waals surface area contributed by atoms with E-state index < -0.39 is 0 Å². The monoisotopic (exact) mass is 445 g/mol. The predicted octanol–water partition coefficient (Wildman–Crippen LogP) is 8.11. The van der Waals surface area contributed by atoms with Crippen LogP contribution in [-0.2, 0) is 0 Å². The highest BCUT2D eigenvalue weighted by Gasteiger charge is 2.49. The van der Waals surface area contributed by atoms with Gasteiger partial charge in [0.15, 0.2) is 0 Å². The molecule has 1 N–H and O–H groups in total. The second-order valence-corrected chi connectivity index (χ2v) is 11.6. The first-order valence-electron chi connectivity index (χ1n) is 12.5. The Morgan fingerprint density at radius 2 is 1.50 bits per heavy atom. The minimum atomic E-state index is 0.595. The molecule has 6 rings (SSSR count). The molecule has 1 aromatic rings. The van der Waals surface area contributed by atoms with Crippen LogP contribution in [0.15, 0.2) is 18.2 Å². The van der Waals surface area contributed by atoms with Crippen LogP contribution in [0.2, 0.25) is 10.0 Å². The Hall–Kier alpha value is -0.500. The summed E-state index contributed by atoms with van der Waals surface area (Å²) in [5, 5.41) is 5.36. The Morgan fingerprint density at radius 3 is 2.13 bits per heavy atom. The summed E-state index contributed by atoms with van der Waals surface area (Å²) >= 11 is 13.7. The predicted molar refractivity (Wildman–Crippen MR) is 129 cm³/mol. The third-order valence-corrected chi connectivity index (χ3v) is 9.31.